The molecule has 1 fully saturated rings. The van der Waals surface area contributed by atoms with Crippen LogP contribution in [0.25, 0.3) is 0 Å². The lowest BCUT2D eigenvalue weighted by molar-refractivity contribution is -0.131. The van der Waals surface area contributed by atoms with Crippen LogP contribution in [-0.2, 0) is 4.79 Å². The molecule has 1 radical (unpaired) electrons. The van der Waals surface area contributed by atoms with Crippen LogP contribution in [0.3, 0.4) is 0 Å². The van der Waals surface area contributed by atoms with Gasteiger partial charge in [0.1, 0.15) is 0 Å². The fraction of sp³-hybridized carbons (Fsp3) is 0.833. The van der Waals surface area contributed by atoms with Crippen molar-refractivity contribution in [2.75, 3.05) is 0 Å². The molecular formula is C6H10NO. The Morgan fingerprint density at radius 3 is 2.12 bits per heavy atom. The zero-order chi connectivity index (χ0) is 6.20. The van der Waals surface area contributed by atoms with Crippen LogP contribution in [0, 0.1) is 5.41 Å². The Balaban J connectivity index is 2.53. The van der Waals surface area contributed by atoms with Crippen LogP contribution in [0.1, 0.15) is 26.2 Å². The Labute approximate surface area is 49.1 Å². The molecule has 0 spiro atoms. The molecule has 0 atom stereocenters. The fourth-order valence-corrected chi connectivity index (χ4v) is 0.934. The number of amides is 1. The molecule has 1 aliphatic carbocycles. The molecule has 0 aromatic carbocycles. The number of hydrogen-bond donors (Lipinski definition) is 0. The monoisotopic (exact) mass is 112 g/mol. The third-order valence-corrected chi connectivity index (χ3v) is 2.01. The van der Waals surface area contributed by atoms with Gasteiger partial charge in [-0.25, -0.2) is 0 Å². The SMILES string of the molecule is CC1(C([NH])=O)CCC1. The average molecular weight is 112 g/mol. The molecule has 2 heteroatoms. The summed E-state index contributed by atoms with van der Waals surface area (Å²) in [7, 11) is 0. The standard InChI is InChI=1S/C6H10NO/c1-6(5(7)8)3-2-4-6/h7H,2-4H2,1H3. The molecule has 1 aliphatic rings. The van der Waals surface area contributed by atoms with Crippen molar-refractivity contribution in [2.24, 2.45) is 5.41 Å². The van der Waals surface area contributed by atoms with Crippen LogP contribution >= 0.6 is 0 Å². The van der Waals surface area contributed by atoms with Crippen LogP contribution < -0.4 is 5.73 Å². The van der Waals surface area contributed by atoms with Crippen LogP contribution in [-0.4, -0.2) is 5.91 Å². The predicted molar refractivity (Wildman–Crippen MR) is 30.1 cm³/mol. The summed E-state index contributed by atoms with van der Waals surface area (Å²) in [6, 6.07) is 0. The minimum Gasteiger partial charge on any atom is -0.273 e. The lowest BCUT2D eigenvalue weighted by Gasteiger charge is -2.33. The van der Waals surface area contributed by atoms with Crippen molar-refractivity contribution in [1.82, 2.24) is 5.73 Å². The summed E-state index contributed by atoms with van der Waals surface area (Å²) in [5, 5.41) is 0. The first kappa shape index (κ1) is 5.60. The second-order valence-electron chi connectivity index (χ2n) is 2.74. The first-order valence-electron chi connectivity index (χ1n) is 2.91. The third kappa shape index (κ3) is 0.602. The van der Waals surface area contributed by atoms with E-state index in [4.69, 9.17) is 5.73 Å². The van der Waals surface area contributed by atoms with E-state index in [2.05, 4.69) is 0 Å². The smallest absolute Gasteiger partial charge is 0.244 e. The largest absolute Gasteiger partial charge is 0.273 e. The Hall–Kier alpha value is -0.530. The molecule has 0 saturated heterocycles. The number of carbonyl (C=O) groups excluding carboxylic acids is 1. The van der Waals surface area contributed by atoms with Crippen LogP contribution in [0.5, 0.6) is 0 Å². The molecule has 0 heterocycles. The van der Waals surface area contributed by atoms with Crippen molar-refractivity contribution in [1.29, 1.82) is 0 Å². The van der Waals surface area contributed by atoms with Gasteiger partial charge in [0.25, 0.3) is 0 Å². The molecule has 1 amide bonds. The first-order chi connectivity index (χ1) is 3.65. The van der Waals surface area contributed by atoms with Gasteiger partial charge < -0.3 is 0 Å². The topological polar surface area (TPSA) is 40.9 Å². The van der Waals surface area contributed by atoms with Gasteiger partial charge in [0.2, 0.25) is 5.91 Å². The van der Waals surface area contributed by atoms with Gasteiger partial charge in [-0.3, -0.25) is 10.5 Å². The lowest BCUT2D eigenvalue weighted by atomic mass is 9.70. The fourth-order valence-electron chi connectivity index (χ4n) is 0.934. The predicted octanol–water partition coefficient (Wildman–Crippen LogP) is 0.986. The van der Waals surface area contributed by atoms with E-state index in [9.17, 15) is 4.79 Å². The minimum absolute atomic E-state index is 0.250. The van der Waals surface area contributed by atoms with Crippen molar-refractivity contribution in [3.05, 3.63) is 0 Å². The van der Waals surface area contributed by atoms with Crippen molar-refractivity contribution in [2.45, 2.75) is 26.2 Å². The Morgan fingerprint density at radius 2 is 2.12 bits per heavy atom. The quantitative estimate of drug-likeness (QED) is 0.498. The third-order valence-electron chi connectivity index (χ3n) is 2.01. The maximum atomic E-state index is 10.4. The van der Waals surface area contributed by atoms with Gasteiger partial charge >= 0.3 is 0 Å². The molecule has 0 bridgehead atoms. The van der Waals surface area contributed by atoms with Crippen molar-refractivity contribution >= 4 is 5.91 Å². The summed E-state index contributed by atoms with van der Waals surface area (Å²) in [4.78, 5) is 10.4. The maximum Gasteiger partial charge on any atom is 0.244 e. The molecule has 0 aromatic rings. The van der Waals surface area contributed by atoms with E-state index in [1.54, 1.807) is 0 Å². The highest BCUT2D eigenvalue weighted by atomic mass is 16.1. The van der Waals surface area contributed by atoms with Crippen molar-refractivity contribution in [3.8, 4) is 0 Å². The highest BCUT2D eigenvalue weighted by Gasteiger charge is 2.37. The normalized spacial score (nSPS) is 24.1. The minimum atomic E-state index is -0.385. The second kappa shape index (κ2) is 1.47. The molecule has 1 saturated carbocycles. The average Bonchev–Trinajstić information content (AvgIpc) is 1.60. The molecule has 2 nitrogen and oxygen atoms in total. The van der Waals surface area contributed by atoms with Gasteiger partial charge in [-0.1, -0.05) is 13.3 Å². The Bertz CT molecular complexity index is 116. The molecule has 0 aromatic heterocycles. The van der Waals surface area contributed by atoms with Gasteiger partial charge in [-0.15, -0.1) is 0 Å². The van der Waals surface area contributed by atoms with Crippen LogP contribution in [0.2, 0.25) is 0 Å². The molecule has 1 rings (SSSR count). The van der Waals surface area contributed by atoms with E-state index >= 15 is 0 Å². The summed E-state index contributed by atoms with van der Waals surface area (Å²) < 4.78 is 0. The number of carbonyl (C=O) groups is 1. The summed E-state index contributed by atoms with van der Waals surface area (Å²) in [6.45, 7) is 1.87. The van der Waals surface area contributed by atoms with E-state index in [1.807, 2.05) is 6.92 Å². The molecule has 0 aliphatic heterocycles. The Kier molecular flexibility index (Phi) is 1.03. The summed E-state index contributed by atoms with van der Waals surface area (Å²) in [5.41, 5.74) is 6.54. The van der Waals surface area contributed by atoms with Crippen molar-refractivity contribution < 1.29 is 4.79 Å². The van der Waals surface area contributed by atoms with Crippen LogP contribution in [0.15, 0.2) is 0 Å². The number of hydrogen-bond acceptors (Lipinski definition) is 1. The molecular weight excluding hydrogens is 102 g/mol. The maximum absolute atomic E-state index is 10.4. The second-order valence-corrected chi connectivity index (χ2v) is 2.74. The van der Waals surface area contributed by atoms with Gasteiger partial charge in [0.15, 0.2) is 0 Å². The van der Waals surface area contributed by atoms with Gasteiger partial charge in [-0.05, 0) is 12.8 Å². The molecule has 8 heavy (non-hydrogen) atoms. The van der Waals surface area contributed by atoms with Crippen molar-refractivity contribution in [3.63, 3.8) is 0 Å². The number of rotatable bonds is 1. The first-order valence-corrected chi connectivity index (χ1v) is 2.91. The highest BCUT2D eigenvalue weighted by Crippen LogP contribution is 2.39. The van der Waals surface area contributed by atoms with Crippen LogP contribution in [0.4, 0.5) is 0 Å². The highest BCUT2D eigenvalue weighted by molar-refractivity contribution is 5.80. The molecule has 0 unspecified atom stereocenters. The zero-order valence-corrected chi connectivity index (χ0v) is 5.03. The van der Waals surface area contributed by atoms with E-state index < -0.39 is 0 Å². The molecule has 1 N–H and O–H groups in total. The zero-order valence-electron chi connectivity index (χ0n) is 5.03. The lowest BCUT2D eigenvalue weighted by Crippen LogP contribution is -2.35. The van der Waals surface area contributed by atoms with E-state index in [0.717, 1.165) is 19.3 Å². The summed E-state index contributed by atoms with van der Waals surface area (Å²) in [6.07, 6.45) is 2.98. The summed E-state index contributed by atoms with van der Waals surface area (Å²) >= 11 is 0. The van der Waals surface area contributed by atoms with Gasteiger partial charge in [0, 0.05) is 5.41 Å². The summed E-state index contributed by atoms with van der Waals surface area (Å²) in [5.74, 6) is -0.385. The van der Waals surface area contributed by atoms with E-state index in [-0.39, 0.29) is 11.3 Å². The number of nitrogens with one attached hydrogen (secondary N) is 1. The van der Waals surface area contributed by atoms with E-state index in [1.165, 1.54) is 0 Å². The van der Waals surface area contributed by atoms with Gasteiger partial charge in [-0.2, -0.15) is 0 Å². The van der Waals surface area contributed by atoms with E-state index in [0.29, 0.717) is 0 Å². The molecule has 45 valence electrons. The Morgan fingerprint density at radius 1 is 1.62 bits per heavy atom. The van der Waals surface area contributed by atoms with Gasteiger partial charge in [0.05, 0.1) is 0 Å².